The molecule has 0 aliphatic carbocycles. The number of ether oxygens (including phenoxy) is 2. The average molecular weight is 402 g/mol. The van der Waals surface area contributed by atoms with Crippen LogP contribution in [0, 0.1) is 0 Å². The third kappa shape index (κ3) is 5.36. The van der Waals surface area contributed by atoms with Gasteiger partial charge in [0.2, 0.25) is 11.8 Å². The van der Waals surface area contributed by atoms with E-state index in [9.17, 15) is 14.4 Å². The average Bonchev–Trinajstić information content (AvgIpc) is 2.88. The quantitative estimate of drug-likeness (QED) is 0.411. The number of thioether (sulfide) groups is 1. The van der Waals surface area contributed by atoms with Gasteiger partial charge in [-0.05, 0) is 38.1 Å². The Kier molecular flexibility index (Phi) is 8.91. The molecule has 0 aromatic heterocycles. The van der Waals surface area contributed by atoms with E-state index in [0.29, 0.717) is 18.0 Å². The molecule has 2 atom stereocenters. The molecule has 0 saturated carbocycles. The number of amides is 2. The fourth-order valence-electron chi connectivity index (χ4n) is 2.40. The Bertz CT molecular complexity index is 641. The number of halogens is 1. The van der Waals surface area contributed by atoms with Crippen molar-refractivity contribution in [1.82, 2.24) is 0 Å². The van der Waals surface area contributed by atoms with Gasteiger partial charge in [-0.15, -0.1) is 11.8 Å². The zero-order valence-electron chi connectivity index (χ0n) is 14.6. The molecular weight excluding hydrogens is 380 g/mol. The van der Waals surface area contributed by atoms with Crippen LogP contribution < -0.4 is 27.8 Å². The molecule has 2 rings (SSSR count). The van der Waals surface area contributed by atoms with Gasteiger partial charge in [0.1, 0.15) is 11.8 Å². The monoisotopic (exact) mass is 401 g/mol. The van der Waals surface area contributed by atoms with Crippen LogP contribution in [0.2, 0.25) is 0 Å². The van der Waals surface area contributed by atoms with Gasteiger partial charge >= 0.3 is 5.97 Å². The maximum atomic E-state index is 12.5. The lowest BCUT2D eigenvalue weighted by atomic mass is 10.3. The molecule has 2 N–H and O–H groups in total. The molecule has 1 aromatic rings. The lowest BCUT2D eigenvalue weighted by molar-refractivity contribution is -0.144. The summed E-state index contributed by atoms with van der Waals surface area (Å²) in [4.78, 5) is 37.5. The molecule has 1 aromatic carbocycles. The summed E-state index contributed by atoms with van der Waals surface area (Å²) in [6.45, 7) is 4.37. The molecule has 0 radical (unpaired) electrons. The highest BCUT2D eigenvalue weighted by atomic mass is 35.5. The first-order valence-corrected chi connectivity index (χ1v) is 9.16. The van der Waals surface area contributed by atoms with Crippen LogP contribution in [-0.2, 0) is 19.1 Å². The maximum Gasteiger partial charge on any atom is 0.323 e. The number of nitrogens with two attached hydrogens (primary N) is 1. The molecule has 9 heteroatoms. The lowest BCUT2D eigenvalue weighted by Gasteiger charge is -2.16. The zero-order valence-corrected chi connectivity index (χ0v) is 16.2. The van der Waals surface area contributed by atoms with Gasteiger partial charge < -0.3 is 27.6 Å². The Labute approximate surface area is 163 Å². The smallest absolute Gasteiger partial charge is 0.323 e. The Balaban J connectivity index is 0.00000338. The van der Waals surface area contributed by atoms with Crippen molar-refractivity contribution in [1.29, 1.82) is 0 Å². The van der Waals surface area contributed by atoms with Crippen molar-refractivity contribution in [3.8, 4) is 5.75 Å². The molecule has 1 saturated heterocycles. The number of hydrogen-bond donors (Lipinski definition) is 1. The molecule has 2 unspecified atom stereocenters. The van der Waals surface area contributed by atoms with E-state index in [1.54, 1.807) is 31.2 Å². The van der Waals surface area contributed by atoms with Crippen molar-refractivity contribution >= 4 is 35.2 Å². The van der Waals surface area contributed by atoms with Crippen LogP contribution in [0.3, 0.4) is 0 Å². The Morgan fingerprint density at radius 3 is 2.50 bits per heavy atom. The summed E-state index contributed by atoms with van der Waals surface area (Å²) in [7, 11) is 0. The van der Waals surface area contributed by atoms with E-state index >= 15 is 0 Å². The third-order valence-electron chi connectivity index (χ3n) is 3.58. The number of carbonyl (C=O) groups excluding carboxylic acids is 3. The van der Waals surface area contributed by atoms with Crippen molar-refractivity contribution in [3.63, 3.8) is 0 Å². The maximum absolute atomic E-state index is 12.5. The molecular formula is C17H22ClN2O5S-. The van der Waals surface area contributed by atoms with Crippen LogP contribution in [0.25, 0.3) is 0 Å². The van der Waals surface area contributed by atoms with Gasteiger partial charge in [0.25, 0.3) is 0 Å². The molecule has 26 heavy (non-hydrogen) atoms. The van der Waals surface area contributed by atoms with Gasteiger partial charge in [-0.2, -0.15) is 0 Å². The third-order valence-corrected chi connectivity index (χ3v) is 4.90. The Morgan fingerprint density at radius 1 is 1.27 bits per heavy atom. The minimum absolute atomic E-state index is 0. The molecule has 7 nitrogen and oxygen atoms in total. The fourth-order valence-corrected chi connectivity index (χ4v) is 3.48. The molecule has 144 valence electrons. The number of anilines is 1. The Hall–Kier alpha value is -1.77. The highest BCUT2D eigenvalue weighted by Crippen LogP contribution is 2.30. The van der Waals surface area contributed by atoms with Crippen molar-refractivity contribution in [3.05, 3.63) is 24.3 Å². The number of benzene rings is 1. The van der Waals surface area contributed by atoms with E-state index in [4.69, 9.17) is 15.2 Å². The van der Waals surface area contributed by atoms with E-state index in [1.165, 1.54) is 16.7 Å². The first kappa shape index (κ1) is 22.3. The minimum Gasteiger partial charge on any atom is -1.00 e. The van der Waals surface area contributed by atoms with Gasteiger partial charge in [0, 0.05) is 12.2 Å². The molecule has 1 aliphatic heterocycles. The van der Waals surface area contributed by atoms with Crippen molar-refractivity contribution in [2.45, 2.75) is 31.6 Å². The molecule has 0 bridgehead atoms. The SMILES string of the molecule is CCOC(=O)C(N)CSC1CC(=O)N(c2ccc(OCC)cc2)C1=O.[Cl-]. The molecule has 1 fully saturated rings. The first-order valence-electron chi connectivity index (χ1n) is 8.11. The van der Waals surface area contributed by atoms with Crippen LogP contribution in [0.5, 0.6) is 5.75 Å². The van der Waals surface area contributed by atoms with Crippen molar-refractivity contribution in [2.24, 2.45) is 5.73 Å². The predicted octanol–water partition coefficient (Wildman–Crippen LogP) is -1.66. The van der Waals surface area contributed by atoms with Crippen molar-refractivity contribution in [2.75, 3.05) is 23.9 Å². The number of esters is 1. The number of hydrogen-bond acceptors (Lipinski definition) is 7. The van der Waals surface area contributed by atoms with Crippen LogP contribution in [0.4, 0.5) is 5.69 Å². The van der Waals surface area contributed by atoms with E-state index in [1.807, 2.05) is 6.92 Å². The topological polar surface area (TPSA) is 98.9 Å². The normalized spacial score (nSPS) is 17.7. The summed E-state index contributed by atoms with van der Waals surface area (Å²) in [5, 5.41) is -0.542. The van der Waals surface area contributed by atoms with Gasteiger partial charge in [0.15, 0.2) is 0 Å². The number of rotatable bonds is 8. The summed E-state index contributed by atoms with van der Waals surface area (Å²) in [5.74, 6) is -0.169. The fraction of sp³-hybridized carbons (Fsp3) is 0.471. The first-order chi connectivity index (χ1) is 12.0. The summed E-state index contributed by atoms with van der Waals surface area (Å²) in [6, 6.07) is 5.98. The van der Waals surface area contributed by atoms with E-state index in [-0.39, 0.29) is 43.0 Å². The second-order valence-electron chi connectivity index (χ2n) is 5.38. The summed E-state index contributed by atoms with van der Waals surface area (Å²) >= 11 is 1.21. The van der Waals surface area contributed by atoms with Gasteiger partial charge in [-0.1, -0.05) is 0 Å². The Morgan fingerprint density at radius 2 is 1.92 bits per heavy atom. The van der Waals surface area contributed by atoms with E-state index < -0.39 is 17.3 Å². The van der Waals surface area contributed by atoms with Crippen LogP contribution >= 0.6 is 11.8 Å². The summed E-state index contributed by atoms with van der Waals surface area (Å²) in [5.41, 5.74) is 6.24. The standard InChI is InChI=1S/C17H22N2O5S.ClH/c1-3-23-12-7-5-11(6-8-12)19-15(20)9-14(16(19)21)25-10-13(18)17(22)24-4-2;/h5-8,13-14H,3-4,9-10,18H2,1-2H3;1H/p-1. The zero-order chi connectivity index (χ0) is 18.4. The number of nitrogens with zero attached hydrogens (tertiary/aromatic N) is 1. The molecule has 1 heterocycles. The lowest BCUT2D eigenvalue weighted by Crippen LogP contribution is -3.00. The number of carbonyl (C=O) groups is 3. The highest BCUT2D eigenvalue weighted by Gasteiger charge is 2.40. The molecule has 1 aliphatic rings. The summed E-state index contributed by atoms with van der Waals surface area (Å²) < 4.78 is 10.2. The summed E-state index contributed by atoms with van der Waals surface area (Å²) in [6.07, 6.45) is 0.0895. The molecule has 0 spiro atoms. The second-order valence-corrected chi connectivity index (χ2v) is 6.61. The van der Waals surface area contributed by atoms with Gasteiger partial charge in [-0.3, -0.25) is 14.4 Å². The van der Waals surface area contributed by atoms with Gasteiger partial charge in [-0.25, -0.2) is 4.90 Å². The predicted molar refractivity (Wildman–Crippen MR) is 95.6 cm³/mol. The van der Waals surface area contributed by atoms with Gasteiger partial charge in [0.05, 0.1) is 24.2 Å². The van der Waals surface area contributed by atoms with Crippen LogP contribution in [-0.4, -0.2) is 48.0 Å². The highest BCUT2D eigenvalue weighted by molar-refractivity contribution is 8.00. The largest absolute Gasteiger partial charge is 1.00 e. The van der Waals surface area contributed by atoms with E-state index in [2.05, 4.69) is 0 Å². The van der Waals surface area contributed by atoms with Crippen molar-refractivity contribution < 1.29 is 36.3 Å². The second kappa shape index (κ2) is 10.4. The minimum atomic E-state index is -0.813. The van der Waals surface area contributed by atoms with E-state index in [0.717, 1.165) is 0 Å². The number of imide groups is 1. The van der Waals surface area contributed by atoms with Crippen LogP contribution in [0.1, 0.15) is 20.3 Å². The van der Waals surface area contributed by atoms with Crippen LogP contribution in [0.15, 0.2) is 24.3 Å². The molecule has 2 amide bonds.